The number of hydrogen-bond acceptors (Lipinski definition) is 3. The van der Waals surface area contributed by atoms with Gasteiger partial charge in [-0.05, 0) is 50.6 Å². The van der Waals surface area contributed by atoms with Crippen molar-refractivity contribution in [3.63, 3.8) is 0 Å². The highest BCUT2D eigenvalue weighted by molar-refractivity contribution is 9.10. The zero-order valence-corrected chi connectivity index (χ0v) is 17.5. The Balaban J connectivity index is 2.12. The number of carbonyl (C=O) groups is 2. The monoisotopic (exact) mass is 432 g/mol. The van der Waals surface area contributed by atoms with Gasteiger partial charge in [-0.15, -0.1) is 0 Å². The summed E-state index contributed by atoms with van der Waals surface area (Å²) in [5, 5.41) is 2.78. The summed E-state index contributed by atoms with van der Waals surface area (Å²) < 4.78 is 6.55. The molecule has 0 aromatic heterocycles. The van der Waals surface area contributed by atoms with Gasteiger partial charge in [0.1, 0.15) is 11.8 Å². The summed E-state index contributed by atoms with van der Waals surface area (Å²) in [7, 11) is 0. The Morgan fingerprint density at radius 1 is 1.19 bits per heavy atom. The van der Waals surface area contributed by atoms with Gasteiger partial charge in [-0.25, -0.2) is 0 Å². The molecule has 5 nitrogen and oxygen atoms in total. The van der Waals surface area contributed by atoms with Gasteiger partial charge < -0.3 is 15.0 Å². The fraction of sp³-hybridized carbons (Fsp3) is 0.333. The van der Waals surface area contributed by atoms with Crippen LogP contribution in [0.5, 0.6) is 5.75 Å². The third-order valence-corrected chi connectivity index (χ3v) is 4.66. The fourth-order valence-corrected chi connectivity index (χ4v) is 2.93. The SMILES string of the molecule is CCNC(=O)[C@H](C)N(Cc1cccc(C)c1)C(=O)COc1ccc(Br)cc1. The topological polar surface area (TPSA) is 58.6 Å². The predicted octanol–water partition coefficient (Wildman–Crippen LogP) is 3.69. The van der Waals surface area contributed by atoms with Crippen LogP contribution >= 0.6 is 15.9 Å². The molecule has 0 unspecified atom stereocenters. The molecule has 0 spiro atoms. The molecule has 0 saturated carbocycles. The Bertz CT molecular complexity index is 777. The van der Waals surface area contributed by atoms with Gasteiger partial charge in [0.25, 0.3) is 5.91 Å². The third-order valence-electron chi connectivity index (χ3n) is 4.13. The van der Waals surface area contributed by atoms with E-state index in [9.17, 15) is 9.59 Å². The molecule has 0 radical (unpaired) electrons. The first-order chi connectivity index (χ1) is 12.9. The third kappa shape index (κ3) is 6.40. The largest absolute Gasteiger partial charge is 0.484 e. The average Bonchev–Trinajstić information content (AvgIpc) is 2.65. The Kier molecular flexibility index (Phi) is 7.85. The zero-order chi connectivity index (χ0) is 19.8. The lowest BCUT2D eigenvalue weighted by Crippen LogP contribution is -2.49. The molecular weight excluding hydrogens is 408 g/mol. The molecule has 1 N–H and O–H groups in total. The van der Waals surface area contributed by atoms with E-state index in [-0.39, 0.29) is 18.4 Å². The Hall–Kier alpha value is -2.34. The highest BCUT2D eigenvalue weighted by Gasteiger charge is 2.26. The van der Waals surface area contributed by atoms with Crippen molar-refractivity contribution >= 4 is 27.7 Å². The molecule has 6 heteroatoms. The molecular formula is C21H25BrN2O3. The van der Waals surface area contributed by atoms with Crippen molar-refractivity contribution in [3.8, 4) is 5.75 Å². The van der Waals surface area contributed by atoms with E-state index in [1.807, 2.05) is 50.2 Å². The normalized spacial score (nSPS) is 11.6. The van der Waals surface area contributed by atoms with Gasteiger partial charge in [-0.2, -0.15) is 0 Å². The molecule has 0 aliphatic carbocycles. The second kappa shape index (κ2) is 10.1. The number of nitrogens with one attached hydrogen (secondary N) is 1. The Morgan fingerprint density at radius 2 is 1.89 bits per heavy atom. The van der Waals surface area contributed by atoms with Gasteiger partial charge >= 0.3 is 0 Å². The Labute approximate surface area is 168 Å². The summed E-state index contributed by atoms with van der Waals surface area (Å²) in [4.78, 5) is 26.7. The number of hydrogen-bond donors (Lipinski definition) is 1. The van der Waals surface area contributed by atoms with Gasteiger partial charge in [-0.1, -0.05) is 45.8 Å². The van der Waals surface area contributed by atoms with Crippen molar-refractivity contribution in [2.24, 2.45) is 0 Å². The molecule has 0 aliphatic rings. The summed E-state index contributed by atoms with van der Waals surface area (Å²) in [5.74, 6) is 0.188. The highest BCUT2D eigenvalue weighted by Crippen LogP contribution is 2.17. The zero-order valence-electron chi connectivity index (χ0n) is 15.9. The van der Waals surface area contributed by atoms with E-state index in [0.717, 1.165) is 15.6 Å². The van der Waals surface area contributed by atoms with Gasteiger partial charge in [0.15, 0.2) is 6.61 Å². The molecule has 1 atom stereocenters. The van der Waals surface area contributed by atoms with E-state index >= 15 is 0 Å². The van der Waals surface area contributed by atoms with Crippen LogP contribution in [0.25, 0.3) is 0 Å². The quantitative estimate of drug-likeness (QED) is 0.691. The van der Waals surface area contributed by atoms with E-state index in [2.05, 4.69) is 21.2 Å². The van der Waals surface area contributed by atoms with Gasteiger partial charge in [0, 0.05) is 17.6 Å². The molecule has 2 aromatic rings. The van der Waals surface area contributed by atoms with Crippen LogP contribution in [0, 0.1) is 6.92 Å². The van der Waals surface area contributed by atoms with Crippen LogP contribution in [0.4, 0.5) is 0 Å². The first-order valence-electron chi connectivity index (χ1n) is 8.91. The number of aryl methyl sites for hydroxylation is 1. The standard InChI is InChI=1S/C21H25BrN2O3/c1-4-23-21(26)16(3)24(13-17-7-5-6-15(2)12-17)20(25)14-27-19-10-8-18(22)9-11-19/h5-12,16H,4,13-14H2,1-3H3,(H,23,26)/t16-/m0/s1. The van der Waals surface area contributed by atoms with Gasteiger partial charge in [0.2, 0.25) is 5.91 Å². The first kappa shape index (κ1) is 21.0. The van der Waals surface area contributed by atoms with Crippen LogP contribution in [0.2, 0.25) is 0 Å². The van der Waals surface area contributed by atoms with Gasteiger partial charge in [0.05, 0.1) is 0 Å². The number of amides is 2. The second-order valence-corrected chi connectivity index (χ2v) is 7.24. The highest BCUT2D eigenvalue weighted by atomic mass is 79.9. The maximum absolute atomic E-state index is 12.8. The van der Waals surface area contributed by atoms with Crippen LogP contribution in [-0.4, -0.2) is 35.9 Å². The summed E-state index contributed by atoms with van der Waals surface area (Å²) in [6.07, 6.45) is 0. The molecule has 0 fully saturated rings. The maximum atomic E-state index is 12.8. The minimum atomic E-state index is -0.591. The fourth-order valence-electron chi connectivity index (χ4n) is 2.67. The first-order valence-corrected chi connectivity index (χ1v) is 9.71. The van der Waals surface area contributed by atoms with Crippen molar-refractivity contribution in [1.82, 2.24) is 10.2 Å². The molecule has 2 rings (SSSR count). The number of benzene rings is 2. The Morgan fingerprint density at radius 3 is 2.52 bits per heavy atom. The van der Waals surface area contributed by atoms with Crippen LogP contribution in [0.3, 0.4) is 0 Å². The molecule has 0 saturated heterocycles. The van der Waals surface area contributed by atoms with Crippen molar-refractivity contribution in [2.75, 3.05) is 13.2 Å². The summed E-state index contributed by atoms with van der Waals surface area (Å²) in [5.41, 5.74) is 2.08. The minimum absolute atomic E-state index is 0.128. The van der Waals surface area contributed by atoms with Crippen molar-refractivity contribution in [1.29, 1.82) is 0 Å². The van der Waals surface area contributed by atoms with E-state index in [1.165, 1.54) is 0 Å². The molecule has 144 valence electrons. The summed E-state index contributed by atoms with van der Waals surface area (Å²) in [6.45, 7) is 6.33. The van der Waals surface area contributed by atoms with E-state index in [0.29, 0.717) is 18.8 Å². The number of carbonyl (C=O) groups excluding carboxylic acids is 2. The lowest BCUT2D eigenvalue weighted by atomic mass is 10.1. The maximum Gasteiger partial charge on any atom is 0.261 e. The number of likely N-dealkylation sites (N-methyl/N-ethyl adjacent to an activating group) is 1. The molecule has 0 aliphatic heterocycles. The number of nitrogens with zero attached hydrogens (tertiary/aromatic N) is 1. The minimum Gasteiger partial charge on any atom is -0.484 e. The lowest BCUT2D eigenvalue weighted by molar-refractivity contribution is -0.142. The van der Waals surface area contributed by atoms with Crippen LogP contribution in [0.1, 0.15) is 25.0 Å². The van der Waals surface area contributed by atoms with E-state index < -0.39 is 6.04 Å². The molecule has 27 heavy (non-hydrogen) atoms. The van der Waals surface area contributed by atoms with Crippen molar-refractivity contribution < 1.29 is 14.3 Å². The van der Waals surface area contributed by atoms with E-state index in [1.54, 1.807) is 24.0 Å². The van der Waals surface area contributed by atoms with Crippen LogP contribution < -0.4 is 10.1 Å². The lowest BCUT2D eigenvalue weighted by Gasteiger charge is -2.28. The molecule has 0 bridgehead atoms. The molecule has 2 aromatic carbocycles. The van der Waals surface area contributed by atoms with Crippen LogP contribution in [-0.2, 0) is 16.1 Å². The molecule has 0 heterocycles. The second-order valence-electron chi connectivity index (χ2n) is 6.32. The van der Waals surface area contributed by atoms with Crippen LogP contribution in [0.15, 0.2) is 53.0 Å². The number of ether oxygens (including phenoxy) is 1. The van der Waals surface area contributed by atoms with E-state index in [4.69, 9.17) is 4.74 Å². The smallest absolute Gasteiger partial charge is 0.261 e. The average molecular weight is 433 g/mol. The van der Waals surface area contributed by atoms with Crippen molar-refractivity contribution in [3.05, 3.63) is 64.1 Å². The van der Waals surface area contributed by atoms with Crippen molar-refractivity contribution in [2.45, 2.75) is 33.4 Å². The molecule has 2 amide bonds. The van der Waals surface area contributed by atoms with Gasteiger partial charge in [-0.3, -0.25) is 9.59 Å². The predicted molar refractivity (Wildman–Crippen MR) is 110 cm³/mol. The number of rotatable bonds is 8. The summed E-state index contributed by atoms with van der Waals surface area (Å²) >= 11 is 3.37. The number of halogens is 1. The summed E-state index contributed by atoms with van der Waals surface area (Å²) in [6, 6.07) is 14.6.